The van der Waals surface area contributed by atoms with Crippen LogP contribution in [0.2, 0.25) is 0 Å². The van der Waals surface area contributed by atoms with Gasteiger partial charge in [0.1, 0.15) is 12.3 Å². The van der Waals surface area contributed by atoms with E-state index in [1.165, 1.54) is 23.3 Å². The van der Waals surface area contributed by atoms with Gasteiger partial charge in [-0.1, -0.05) is 0 Å². The summed E-state index contributed by atoms with van der Waals surface area (Å²) >= 11 is 1.49. The van der Waals surface area contributed by atoms with Gasteiger partial charge in [0.05, 0.1) is 17.9 Å². The molecule has 2 N–H and O–H groups in total. The molecule has 0 saturated carbocycles. The SMILES string of the molecule is COCCOC(=O)c1c(C)[nH]c(C(=O)Nc2nc3c(s2)CN(C)CC3)c1C. The van der Waals surface area contributed by atoms with Crippen LogP contribution in [0.4, 0.5) is 5.13 Å². The monoisotopic (exact) mass is 392 g/mol. The number of esters is 1. The Morgan fingerprint density at radius 1 is 1.33 bits per heavy atom. The minimum atomic E-state index is -0.468. The molecule has 146 valence electrons. The van der Waals surface area contributed by atoms with E-state index in [-0.39, 0.29) is 12.5 Å². The summed E-state index contributed by atoms with van der Waals surface area (Å²) in [6.07, 6.45) is 0.885. The number of fused-ring (bicyclic) bond motifs is 1. The van der Waals surface area contributed by atoms with Crippen molar-refractivity contribution in [1.82, 2.24) is 14.9 Å². The fraction of sp³-hybridized carbons (Fsp3) is 0.500. The highest BCUT2D eigenvalue weighted by molar-refractivity contribution is 7.15. The van der Waals surface area contributed by atoms with Crippen LogP contribution in [0.15, 0.2) is 0 Å². The van der Waals surface area contributed by atoms with Crippen LogP contribution in [0.3, 0.4) is 0 Å². The molecule has 2 aromatic rings. The summed E-state index contributed by atoms with van der Waals surface area (Å²) < 4.78 is 10.1. The fourth-order valence-corrected chi connectivity index (χ4v) is 4.19. The highest BCUT2D eigenvalue weighted by Gasteiger charge is 2.24. The first-order valence-corrected chi connectivity index (χ1v) is 9.56. The molecule has 27 heavy (non-hydrogen) atoms. The van der Waals surface area contributed by atoms with Crippen molar-refractivity contribution >= 4 is 28.3 Å². The number of methoxy groups -OCH3 is 1. The lowest BCUT2D eigenvalue weighted by atomic mass is 10.1. The molecule has 0 aliphatic carbocycles. The topological polar surface area (TPSA) is 96.5 Å². The Morgan fingerprint density at radius 3 is 2.85 bits per heavy atom. The molecule has 0 unspecified atom stereocenters. The van der Waals surface area contributed by atoms with E-state index in [0.29, 0.717) is 34.3 Å². The first-order valence-electron chi connectivity index (χ1n) is 8.74. The quantitative estimate of drug-likeness (QED) is 0.577. The normalized spacial score (nSPS) is 14.1. The number of amides is 1. The Morgan fingerprint density at radius 2 is 2.11 bits per heavy atom. The molecule has 0 atom stereocenters. The van der Waals surface area contributed by atoms with Crippen molar-refractivity contribution in [2.24, 2.45) is 0 Å². The van der Waals surface area contributed by atoms with Crippen molar-refractivity contribution in [3.05, 3.63) is 33.1 Å². The number of nitrogens with zero attached hydrogens (tertiary/aromatic N) is 2. The molecule has 1 aliphatic heterocycles. The summed E-state index contributed by atoms with van der Waals surface area (Å²) in [6.45, 7) is 5.78. The number of anilines is 1. The molecular weight excluding hydrogens is 368 g/mol. The predicted octanol–water partition coefficient (Wildman–Crippen LogP) is 2.13. The zero-order chi connectivity index (χ0) is 19.6. The fourth-order valence-electron chi connectivity index (χ4n) is 3.11. The van der Waals surface area contributed by atoms with Gasteiger partial charge in [0, 0.05) is 37.2 Å². The van der Waals surface area contributed by atoms with Crippen molar-refractivity contribution in [1.29, 1.82) is 0 Å². The molecular formula is C18H24N4O4S. The van der Waals surface area contributed by atoms with E-state index < -0.39 is 5.97 Å². The minimum Gasteiger partial charge on any atom is -0.460 e. The van der Waals surface area contributed by atoms with E-state index in [1.807, 2.05) is 0 Å². The molecule has 0 radical (unpaired) electrons. The molecule has 2 aromatic heterocycles. The van der Waals surface area contributed by atoms with Gasteiger partial charge in [-0.05, 0) is 26.5 Å². The zero-order valence-electron chi connectivity index (χ0n) is 16.0. The number of aromatic amines is 1. The Kier molecular flexibility index (Phi) is 5.93. The number of aromatic nitrogens is 2. The van der Waals surface area contributed by atoms with Gasteiger partial charge in [0.15, 0.2) is 5.13 Å². The molecule has 0 spiro atoms. The summed E-state index contributed by atoms with van der Waals surface area (Å²) in [5.74, 6) is -0.781. The standard InChI is InChI=1S/C18H24N4O4S/c1-10-14(17(24)26-8-7-25-4)11(2)19-15(10)16(23)21-18-20-12-5-6-22(3)9-13(12)27-18/h19H,5-9H2,1-4H3,(H,20,21,23). The van der Waals surface area contributed by atoms with Crippen molar-refractivity contribution in [2.45, 2.75) is 26.8 Å². The highest BCUT2D eigenvalue weighted by atomic mass is 32.1. The molecule has 1 aliphatic rings. The number of carbonyl (C=O) groups excluding carboxylic acids is 2. The number of nitrogens with one attached hydrogen (secondary N) is 2. The molecule has 3 heterocycles. The van der Waals surface area contributed by atoms with Gasteiger partial charge in [-0.25, -0.2) is 9.78 Å². The summed E-state index contributed by atoms with van der Waals surface area (Å²) in [5, 5.41) is 3.43. The highest BCUT2D eigenvalue weighted by Crippen LogP contribution is 2.28. The van der Waals surface area contributed by atoms with E-state index in [0.717, 1.165) is 25.2 Å². The maximum absolute atomic E-state index is 12.7. The summed E-state index contributed by atoms with van der Waals surface area (Å²) in [6, 6.07) is 0. The van der Waals surface area contributed by atoms with Crippen LogP contribution in [-0.2, 0) is 22.4 Å². The summed E-state index contributed by atoms with van der Waals surface area (Å²) in [7, 11) is 3.61. The first kappa shape index (κ1) is 19.5. The largest absolute Gasteiger partial charge is 0.460 e. The summed E-state index contributed by atoms with van der Waals surface area (Å²) in [5.41, 5.74) is 2.94. The number of rotatable bonds is 6. The Labute approximate surface area is 161 Å². The minimum absolute atomic E-state index is 0.167. The van der Waals surface area contributed by atoms with Crippen LogP contribution >= 0.6 is 11.3 Å². The lowest BCUT2D eigenvalue weighted by Gasteiger charge is -2.20. The molecule has 1 amide bonds. The Balaban J connectivity index is 1.74. The van der Waals surface area contributed by atoms with Crippen molar-refractivity contribution in [3.8, 4) is 0 Å². The van der Waals surface area contributed by atoms with Crippen LogP contribution in [-0.4, -0.2) is 60.7 Å². The van der Waals surface area contributed by atoms with Crippen LogP contribution in [0, 0.1) is 13.8 Å². The third-order valence-corrected chi connectivity index (χ3v) is 5.53. The van der Waals surface area contributed by atoms with E-state index in [2.05, 4.69) is 27.2 Å². The number of H-pyrrole nitrogens is 1. The van der Waals surface area contributed by atoms with Gasteiger partial charge in [0.2, 0.25) is 0 Å². The molecule has 0 saturated heterocycles. The average molecular weight is 392 g/mol. The maximum Gasteiger partial charge on any atom is 0.340 e. The third kappa shape index (κ3) is 4.20. The molecule has 0 fully saturated rings. The number of hydrogen-bond donors (Lipinski definition) is 2. The van der Waals surface area contributed by atoms with E-state index >= 15 is 0 Å². The second kappa shape index (κ2) is 8.20. The van der Waals surface area contributed by atoms with Gasteiger partial charge >= 0.3 is 5.97 Å². The van der Waals surface area contributed by atoms with Gasteiger partial charge < -0.3 is 19.4 Å². The maximum atomic E-state index is 12.7. The second-order valence-corrected chi connectivity index (χ2v) is 7.67. The van der Waals surface area contributed by atoms with Crippen molar-refractivity contribution in [2.75, 3.05) is 39.2 Å². The predicted molar refractivity (Wildman–Crippen MR) is 103 cm³/mol. The molecule has 3 rings (SSSR count). The van der Waals surface area contributed by atoms with E-state index in [4.69, 9.17) is 9.47 Å². The number of likely N-dealkylation sites (N-methyl/N-ethyl adjacent to an activating group) is 1. The van der Waals surface area contributed by atoms with E-state index in [1.54, 1.807) is 13.8 Å². The van der Waals surface area contributed by atoms with Crippen LogP contribution in [0.25, 0.3) is 0 Å². The van der Waals surface area contributed by atoms with Crippen molar-refractivity contribution in [3.63, 3.8) is 0 Å². The third-order valence-electron chi connectivity index (χ3n) is 4.53. The van der Waals surface area contributed by atoms with Crippen LogP contribution in [0.1, 0.15) is 42.7 Å². The lowest BCUT2D eigenvalue weighted by molar-refractivity contribution is 0.0387. The van der Waals surface area contributed by atoms with Crippen LogP contribution in [0.5, 0.6) is 0 Å². The zero-order valence-corrected chi connectivity index (χ0v) is 16.8. The Bertz CT molecular complexity index is 858. The average Bonchev–Trinajstić information content (AvgIpc) is 3.14. The Hall–Kier alpha value is -2.23. The smallest absolute Gasteiger partial charge is 0.340 e. The van der Waals surface area contributed by atoms with Gasteiger partial charge in [-0.2, -0.15) is 0 Å². The second-order valence-electron chi connectivity index (χ2n) is 6.58. The number of thiazole rings is 1. The molecule has 0 bridgehead atoms. The van der Waals surface area contributed by atoms with Gasteiger partial charge in [-0.3, -0.25) is 10.1 Å². The van der Waals surface area contributed by atoms with Gasteiger partial charge in [-0.15, -0.1) is 11.3 Å². The molecule has 9 heteroatoms. The van der Waals surface area contributed by atoms with Crippen LogP contribution < -0.4 is 5.32 Å². The van der Waals surface area contributed by atoms with Crippen molar-refractivity contribution < 1.29 is 19.1 Å². The van der Waals surface area contributed by atoms with E-state index in [9.17, 15) is 9.59 Å². The lowest BCUT2D eigenvalue weighted by Crippen LogP contribution is -2.25. The summed E-state index contributed by atoms with van der Waals surface area (Å²) in [4.78, 5) is 35.9. The number of hydrogen-bond acceptors (Lipinski definition) is 7. The number of ether oxygens (including phenoxy) is 2. The molecule has 8 nitrogen and oxygen atoms in total. The number of carbonyl (C=O) groups is 2. The van der Waals surface area contributed by atoms with Gasteiger partial charge in [0.25, 0.3) is 5.91 Å². The number of aryl methyl sites for hydroxylation is 1. The first-order chi connectivity index (χ1) is 12.9. The molecule has 0 aromatic carbocycles.